The number of rotatable bonds is 6. The lowest BCUT2D eigenvalue weighted by Gasteiger charge is -2.41. The fourth-order valence-corrected chi connectivity index (χ4v) is 4.24. The Hall–Kier alpha value is -2.95. The van der Waals surface area contributed by atoms with Gasteiger partial charge in [-0.2, -0.15) is 0 Å². The van der Waals surface area contributed by atoms with E-state index in [2.05, 4.69) is 37.2 Å². The van der Waals surface area contributed by atoms with Crippen molar-refractivity contribution in [2.75, 3.05) is 21.2 Å². The van der Waals surface area contributed by atoms with Crippen molar-refractivity contribution >= 4 is 5.78 Å². The van der Waals surface area contributed by atoms with E-state index in [-0.39, 0.29) is 24.0 Å². The van der Waals surface area contributed by atoms with E-state index < -0.39 is 0 Å². The number of hydrogen-bond acceptors (Lipinski definition) is 4. The smallest absolute Gasteiger partial charge is 0.165 e. The summed E-state index contributed by atoms with van der Waals surface area (Å²) in [6, 6.07) is 25.7. The van der Waals surface area contributed by atoms with Gasteiger partial charge in [0, 0.05) is 12.0 Å². The third kappa shape index (κ3) is 4.02. The van der Waals surface area contributed by atoms with E-state index in [4.69, 9.17) is 9.47 Å². The first-order valence-corrected chi connectivity index (χ1v) is 10.2. The molecular formula is C26H27NO3. The molecule has 0 fully saturated rings. The topological polar surface area (TPSA) is 38.8 Å². The number of ether oxygens (including phenoxy) is 2. The molecule has 1 aliphatic rings. The molecule has 0 aromatic heterocycles. The molecular weight excluding hydrogens is 374 g/mol. The Morgan fingerprint density at radius 3 is 2.23 bits per heavy atom. The number of methoxy groups -OCH3 is 1. The zero-order chi connectivity index (χ0) is 21.1. The molecule has 0 spiro atoms. The maximum atomic E-state index is 13.0. The van der Waals surface area contributed by atoms with Crippen molar-refractivity contribution in [3.8, 4) is 5.75 Å². The molecule has 1 heterocycles. The van der Waals surface area contributed by atoms with Crippen LogP contribution in [0, 0.1) is 0 Å². The van der Waals surface area contributed by atoms with Crippen LogP contribution in [0.15, 0.2) is 78.9 Å². The zero-order valence-electron chi connectivity index (χ0n) is 17.6. The summed E-state index contributed by atoms with van der Waals surface area (Å²) in [7, 11) is 5.79. The van der Waals surface area contributed by atoms with E-state index in [0.29, 0.717) is 12.0 Å². The van der Waals surface area contributed by atoms with Gasteiger partial charge in [0.25, 0.3) is 0 Å². The highest BCUT2D eigenvalue weighted by Gasteiger charge is 2.39. The summed E-state index contributed by atoms with van der Waals surface area (Å²) in [4.78, 5) is 15.2. The molecule has 0 aliphatic carbocycles. The van der Waals surface area contributed by atoms with Crippen LogP contribution in [0.5, 0.6) is 5.75 Å². The molecule has 0 saturated carbocycles. The van der Waals surface area contributed by atoms with Crippen LogP contribution in [-0.4, -0.2) is 31.9 Å². The van der Waals surface area contributed by atoms with Crippen molar-refractivity contribution in [3.05, 3.63) is 101 Å². The molecule has 0 bridgehead atoms. The van der Waals surface area contributed by atoms with Crippen LogP contribution in [0.25, 0.3) is 0 Å². The number of benzene rings is 3. The third-order valence-electron chi connectivity index (χ3n) is 5.71. The van der Waals surface area contributed by atoms with E-state index >= 15 is 0 Å². The first kappa shape index (κ1) is 20.3. The Bertz CT molecular complexity index is 1000. The Balaban J connectivity index is 1.77. The van der Waals surface area contributed by atoms with Gasteiger partial charge in [0.2, 0.25) is 0 Å². The number of hydrogen-bond donors (Lipinski definition) is 0. The summed E-state index contributed by atoms with van der Waals surface area (Å²) in [5, 5.41) is 0. The minimum absolute atomic E-state index is 0.0144. The van der Waals surface area contributed by atoms with Gasteiger partial charge in [-0.1, -0.05) is 66.7 Å². The normalized spacial score (nSPS) is 20.6. The highest BCUT2D eigenvalue weighted by Crippen LogP contribution is 2.48. The van der Waals surface area contributed by atoms with Crippen molar-refractivity contribution in [3.63, 3.8) is 0 Å². The molecule has 4 nitrogen and oxygen atoms in total. The lowest BCUT2D eigenvalue weighted by atomic mass is 9.84. The molecule has 0 saturated heterocycles. The van der Waals surface area contributed by atoms with E-state index in [1.807, 2.05) is 60.7 Å². The van der Waals surface area contributed by atoms with Crippen molar-refractivity contribution in [2.45, 2.75) is 24.7 Å². The van der Waals surface area contributed by atoms with Gasteiger partial charge in [0.1, 0.15) is 11.9 Å². The number of ketones is 1. The maximum absolute atomic E-state index is 13.0. The highest BCUT2D eigenvalue weighted by atomic mass is 16.5. The maximum Gasteiger partial charge on any atom is 0.165 e. The number of carbonyl (C=O) groups is 1. The van der Waals surface area contributed by atoms with Gasteiger partial charge in [-0.25, -0.2) is 0 Å². The number of nitrogens with zero attached hydrogens (tertiary/aromatic N) is 1. The quantitative estimate of drug-likeness (QED) is 0.520. The van der Waals surface area contributed by atoms with Gasteiger partial charge >= 0.3 is 0 Å². The molecule has 4 heteroatoms. The van der Waals surface area contributed by atoms with Crippen LogP contribution in [0.3, 0.4) is 0 Å². The fraction of sp³-hybridized carbons (Fsp3) is 0.269. The molecule has 154 valence electrons. The molecule has 4 rings (SSSR count). The van der Waals surface area contributed by atoms with Gasteiger partial charge in [0.05, 0.1) is 19.3 Å². The highest BCUT2D eigenvalue weighted by molar-refractivity contribution is 5.96. The number of likely N-dealkylation sites (N-methyl/N-ethyl adjacent to an activating group) is 1. The van der Waals surface area contributed by atoms with Crippen molar-refractivity contribution in [2.24, 2.45) is 0 Å². The lowest BCUT2D eigenvalue weighted by molar-refractivity contribution is -0.0718. The summed E-state index contributed by atoms with van der Waals surface area (Å²) in [6.45, 7) is 0. The molecule has 3 aromatic carbocycles. The second-order valence-corrected chi connectivity index (χ2v) is 7.85. The van der Waals surface area contributed by atoms with Crippen molar-refractivity contribution < 1.29 is 14.3 Å². The van der Waals surface area contributed by atoms with Crippen molar-refractivity contribution in [1.82, 2.24) is 4.90 Å². The van der Waals surface area contributed by atoms with Crippen LogP contribution in [0.2, 0.25) is 0 Å². The standard InChI is InChI=1S/C26H27NO3/c1-27(2)25-22-16-20(29-3)14-15-21(22)24(17-23(28)18-10-6-4-7-11-18)30-26(25)19-12-8-5-9-13-19/h4-16,24-26H,17H2,1-3H3/t24-,25-,26+/m0/s1. The van der Waals surface area contributed by atoms with Crippen LogP contribution < -0.4 is 4.74 Å². The number of fused-ring (bicyclic) bond motifs is 1. The minimum atomic E-state index is -0.319. The van der Waals surface area contributed by atoms with Crippen LogP contribution >= 0.6 is 0 Å². The largest absolute Gasteiger partial charge is 0.497 e. The van der Waals surface area contributed by atoms with E-state index in [0.717, 1.165) is 22.4 Å². The lowest BCUT2D eigenvalue weighted by Crippen LogP contribution is -2.34. The van der Waals surface area contributed by atoms with Crippen LogP contribution in [-0.2, 0) is 4.74 Å². The second kappa shape index (κ2) is 8.82. The molecule has 3 aromatic rings. The SMILES string of the molecule is COc1ccc2c(c1)[C@H](N(C)C)[C@@H](c1ccccc1)O[C@H]2CC(=O)c1ccccc1. The van der Waals surface area contributed by atoms with E-state index in [1.165, 1.54) is 0 Å². The van der Waals surface area contributed by atoms with E-state index in [1.54, 1.807) is 7.11 Å². The van der Waals surface area contributed by atoms with Gasteiger partial charge in [0.15, 0.2) is 5.78 Å². The average molecular weight is 402 g/mol. The van der Waals surface area contributed by atoms with Gasteiger partial charge in [-0.05, 0) is 42.9 Å². The Morgan fingerprint density at radius 2 is 1.60 bits per heavy atom. The summed E-state index contributed by atoms with van der Waals surface area (Å²) in [5.74, 6) is 0.889. The monoisotopic (exact) mass is 401 g/mol. The summed E-state index contributed by atoms with van der Waals surface area (Å²) in [6.07, 6.45) is -0.207. The van der Waals surface area contributed by atoms with Gasteiger partial charge in [-0.15, -0.1) is 0 Å². The van der Waals surface area contributed by atoms with Gasteiger partial charge in [-0.3, -0.25) is 9.69 Å². The molecule has 0 unspecified atom stereocenters. The minimum Gasteiger partial charge on any atom is -0.497 e. The van der Waals surface area contributed by atoms with Crippen molar-refractivity contribution in [1.29, 1.82) is 0 Å². The molecule has 1 aliphatic heterocycles. The van der Waals surface area contributed by atoms with Crippen LogP contribution in [0.4, 0.5) is 0 Å². The third-order valence-corrected chi connectivity index (χ3v) is 5.71. The average Bonchev–Trinajstić information content (AvgIpc) is 2.79. The number of Topliss-reactive ketones (excluding diaryl/α,β-unsaturated/α-hetero) is 1. The predicted molar refractivity (Wildman–Crippen MR) is 118 cm³/mol. The summed E-state index contributed by atoms with van der Waals surface area (Å²) in [5.41, 5.74) is 4.00. The Kier molecular flexibility index (Phi) is 5.98. The predicted octanol–water partition coefficient (Wildman–Crippen LogP) is 5.38. The first-order valence-electron chi connectivity index (χ1n) is 10.2. The molecule has 3 atom stereocenters. The second-order valence-electron chi connectivity index (χ2n) is 7.85. The van der Waals surface area contributed by atoms with Gasteiger partial charge < -0.3 is 9.47 Å². The van der Waals surface area contributed by atoms with Crippen LogP contribution in [0.1, 0.15) is 51.7 Å². The zero-order valence-corrected chi connectivity index (χ0v) is 17.6. The molecule has 0 radical (unpaired) electrons. The first-order chi connectivity index (χ1) is 14.6. The van der Waals surface area contributed by atoms with E-state index in [9.17, 15) is 4.79 Å². The molecule has 0 amide bonds. The fourth-order valence-electron chi connectivity index (χ4n) is 4.24. The Morgan fingerprint density at radius 1 is 0.933 bits per heavy atom. The molecule has 30 heavy (non-hydrogen) atoms. The number of carbonyl (C=O) groups excluding carboxylic acids is 1. The Labute approximate surface area is 178 Å². The summed E-state index contributed by atoms with van der Waals surface area (Å²) >= 11 is 0. The summed E-state index contributed by atoms with van der Waals surface area (Å²) < 4.78 is 12.1. The molecule has 0 N–H and O–H groups in total.